The summed E-state index contributed by atoms with van der Waals surface area (Å²) in [5, 5.41) is 17.9. The smallest absolute Gasteiger partial charge is 0.119 e. The van der Waals surface area contributed by atoms with Crippen LogP contribution in [0.5, 0.6) is 11.5 Å². The predicted octanol–water partition coefficient (Wildman–Crippen LogP) is 13.1. The second-order valence-corrected chi connectivity index (χ2v) is 15.4. The summed E-state index contributed by atoms with van der Waals surface area (Å²) in [7, 11) is 4.13. The summed E-state index contributed by atoms with van der Waals surface area (Å²) in [6.45, 7) is 1.56. The van der Waals surface area contributed by atoms with Crippen LogP contribution < -0.4 is 9.47 Å². The Hall–Kier alpha value is -3.84. The zero-order chi connectivity index (χ0) is 34.9. The SMILES string of the molecule is N#Cc1ccc(-c2ccc(OCCCCCCCCCSSCCCCCCCCCOc3ccc(-c4ccc(C#N)cc4)cc3)cc2)cc1. The van der Waals surface area contributed by atoms with Crippen LogP contribution in [0, 0.1) is 22.7 Å². The van der Waals surface area contributed by atoms with E-state index in [1.807, 2.05) is 72.8 Å². The molecule has 0 bridgehead atoms. The summed E-state index contributed by atoms with van der Waals surface area (Å²) in [4.78, 5) is 0. The number of hydrogen-bond donors (Lipinski definition) is 0. The molecule has 0 radical (unpaired) electrons. The molecule has 0 spiro atoms. The zero-order valence-corrected chi connectivity index (χ0v) is 31.1. The minimum atomic E-state index is 0.684. The summed E-state index contributed by atoms with van der Waals surface area (Å²) in [6, 6.07) is 36.2. The van der Waals surface area contributed by atoms with Gasteiger partial charge in [-0.25, -0.2) is 0 Å². The molecule has 0 saturated carbocycles. The van der Waals surface area contributed by atoms with Crippen LogP contribution in [0.2, 0.25) is 0 Å². The van der Waals surface area contributed by atoms with Gasteiger partial charge in [0.25, 0.3) is 0 Å². The van der Waals surface area contributed by atoms with Gasteiger partial charge < -0.3 is 9.47 Å². The van der Waals surface area contributed by atoms with Crippen LogP contribution in [0.3, 0.4) is 0 Å². The molecule has 6 heteroatoms. The van der Waals surface area contributed by atoms with Crippen LogP contribution >= 0.6 is 21.6 Å². The Kier molecular flexibility index (Phi) is 19.0. The van der Waals surface area contributed by atoms with E-state index in [2.05, 4.69) is 58.0 Å². The first-order valence-electron chi connectivity index (χ1n) is 18.5. The Morgan fingerprint density at radius 1 is 0.360 bits per heavy atom. The first-order chi connectivity index (χ1) is 24.7. The van der Waals surface area contributed by atoms with Gasteiger partial charge in [0.15, 0.2) is 0 Å². The highest BCUT2D eigenvalue weighted by Crippen LogP contribution is 2.26. The summed E-state index contributed by atoms with van der Waals surface area (Å²) < 4.78 is 11.9. The monoisotopic (exact) mass is 704 g/mol. The average Bonchev–Trinajstić information content (AvgIpc) is 3.17. The molecular weight excluding hydrogens is 653 g/mol. The van der Waals surface area contributed by atoms with Crippen LogP contribution in [-0.2, 0) is 0 Å². The Labute approximate surface area is 309 Å². The first-order valence-corrected chi connectivity index (χ1v) is 21.0. The van der Waals surface area contributed by atoms with Crippen molar-refractivity contribution in [3.8, 4) is 45.9 Å². The van der Waals surface area contributed by atoms with E-state index >= 15 is 0 Å². The van der Waals surface area contributed by atoms with Crippen molar-refractivity contribution in [1.29, 1.82) is 10.5 Å². The molecule has 0 aliphatic carbocycles. The normalized spacial score (nSPS) is 10.8. The van der Waals surface area contributed by atoms with Crippen molar-refractivity contribution >= 4 is 21.6 Å². The third-order valence-corrected chi connectivity index (χ3v) is 11.3. The van der Waals surface area contributed by atoms with Crippen LogP contribution in [0.15, 0.2) is 97.1 Å². The Bertz CT molecular complexity index is 1440. The van der Waals surface area contributed by atoms with Crippen molar-refractivity contribution < 1.29 is 9.47 Å². The summed E-state index contributed by atoms with van der Waals surface area (Å²) in [5.41, 5.74) is 5.87. The summed E-state index contributed by atoms with van der Waals surface area (Å²) >= 11 is 0. The van der Waals surface area contributed by atoms with Gasteiger partial charge in [0, 0.05) is 11.5 Å². The van der Waals surface area contributed by atoms with Gasteiger partial charge in [-0.05, 0) is 96.5 Å². The molecule has 50 heavy (non-hydrogen) atoms. The molecule has 0 aliphatic rings. The lowest BCUT2D eigenvalue weighted by molar-refractivity contribution is 0.304. The second-order valence-electron chi connectivity index (χ2n) is 12.7. The van der Waals surface area contributed by atoms with E-state index in [1.165, 1.54) is 88.6 Å². The zero-order valence-electron chi connectivity index (χ0n) is 29.5. The van der Waals surface area contributed by atoms with Crippen LogP contribution in [-0.4, -0.2) is 24.7 Å². The molecule has 4 nitrogen and oxygen atoms in total. The lowest BCUT2D eigenvalue weighted by Gasteiger charge is -2.08. The van der Waals surface area contributed by atoms with Crippen molar-refractivity contribution in [1.82, 2.24) is 0 Å². The number of hydrogen-bond acceptors (Lipinski definition) is 6. The predicted molar refractivity (Wildman–Crippen MR) is 214 cm³/mol. The van der Waals surface area contributed by atoms with Crippen LogP contribution in [0.1, 0.15) is 101 Å². The van der Waals surface area contributed by atoms with E-state index in [-0.39, 0.29) is 0 Å². The standard InChI is InChI=1S/C44H52N2O2S2/c45-35-37-15-19-39(20-16-37)41-23-27-43(28-24-41)47-31-11-7-3-1-5-9-13-33-49-50-34-14-10-6-2-4-8-12-32-48-44-29-25-42(26-30-44)40-21-17-38(36-46)18-22-40/h15-30H,1-14,31-34H2. The van der Waals surface area contributed by atoms with Gasteiger partial charge in [-0.15, -0.1) is 0 Å². The van der Waals surface area contributed by atoms with Crippen molar-refractivity contribution in [2.45, 2.75) is 89.9 Å². The molecule has 0 heterocycles. The minimum Gasteiger partial charge on any atom is -0.494 e. The van der Waals surface area contributed by atoms with Crippen molar-refractivity contribution in [2.24, 2.45) is 0 Å². The topological polar surface area (TPSA) is 66.0 Å². The first kappa shape index (κ1) is 39.0. The molecule has 0 atom stereocenters. The molecule has 4 aromatic carbocycles. The molecule has 262 valence electrons. The van der Waals surface area contributed by atoms with Crippen molar-refractivity contribution in [3.05, 3.63) is 108 Å². The molecule has 0 fully saturated rings. The molecule has 4 aromatic rings. The molecule has 0 N–H and O–H groups in total. The van der Waals surface area contributed by atoms with E-state index in [0.717, 1.165) is 59.8 Å². The molecule has 0 saturated heterocycles. The fourth-order valence-electron chi connectivity index (χ4n) is 5.75. The Morgan fingerprint density at radius 2 is 0.640 bits per heavy atom. The van der Waals surface area contributed by atoms with E-state index < -0.39 is 0 Å². The van der Waals surface area contributed by atoms with Crippen LogP contribution in [0.4, 0.5) is 0 Å². The number of nitriles is 2. The van der Waals surface area contributed by atoms with E-state index in [1.54, 1.807) is 0 Å². The lowest BCUT2D eigenvalue weighted by atomic mass is 10.0. The molecule has 0 aromatic heterocycles. The minimum absolute atomic E-state index is 0.684. The molecular formula is C44H52N2O2S2. The Morgan fingerprint density at radius 3 is 0.960 bits per heavy atom. The largest absolute Gasteiger partial charge is 0.494 e. The summed E-state index contributed by atoms with van der Waals surface area (Å²) in [6.07, 6.45) is 18.0. The van der Waals surface area contributed by atoms with Gasteiger partial charge in [-0.2, -0.15) is 10.5 Å². The van der Waals surface area contributed by atoms with E-state index in [4.69, 9.17) is 20.0 Å². The van der Waals surface area contributed by atoms with E-state index in [0.29, 0.717) is 11.1 Å². The number of nitrogens with zero attached hydrogens (tertiary/aromatic N) is 2. The number of benzene rings is 4. The fourth-order valence-corrected chi connectivity index (χ4v) is 8.05. The third-order valence-electron chi connectivity index (χ3n) is 8.77. The van der Waals surface area contributed by atoms with E-state index in [9.17, 15) is 0 Å². The highest BCUT2D eigenvalue weighted by Gasteiger charge is 2.02. The molecule has 4 rings (SSSR count). The van der Waals surface area contributed by atoms with Gasteiger partial charge in [0.2, 0.25) is 0 Å². The highest BCUT2D eigenvalue weighted by molar-refractivity contribution is 8.76. The highest BCUT2D eigenvalue weighted by atomic mass is 33.1. The third kappa shape index (κ3) is 15.4. The van der Waals surface area contributed by atoms with Gasteiger partial charge in [-0.3, -0.25) is 0 Å². The van der Waals surface area contributed by atoms with Gasteiger partial charge in [0.05, 0.1) is 36.5 Å². The maximum atomic E-state index is 8.96. The maximum Gasteiger partial charge on any atom is 0.119 e. The second kappa shape index (κ2) is 24.3. The number of rotatable bonds is 25. The fraction of sp³-hybridized carbons (Fsp3) is 0.409. The lowest BCUT2D eigenvalue weighted by Crippen LogP contribution is -1.97. The summed E-state index contributed by atoms with van der Waals surface area (Å²) in [5.74, 6) is 4.42. The number of unbranched alkanes of at least 4 members (excludes halogenated alkanes) is 12. The van der Waals surface area contributed by atoms with Gasteiger partial charge in [-0.1, -0.05) is 134 Å². The molecule has 0 unspecified atom stereocenters. The van der Waals surface area contributed by atoms with Gasteiger partial charge in [0.1, 0.15) is 11.5 Å². The quantitative estimate of drug-likeness (QED) is 0.0505. The van der Waals surface area contributed by atoms with Crippen molar-refractivity contribution in [3.63, 3.8) is 0 Å². The van der Waals surface area contributed by atoms with Gasteiger partial charge >= 0.3 is 0 Å². The van der Waals surface area contributed by atoms with Crippen molar-refractivity contribution in [2.75, 3.05) is 24.7 Å². The maximum absolute atomic E-state index is 8.96. The molecule has 0 aliphatic heterocycles. The number of ether oxygens (including phenoxy) is 2. The molecule has 0 amide bonds. The average molecular weight is 705 g/mol. The van der Waals surface area contributed by atoms with Crippen LogP contribution in [0.25, 0.3) is 22.3 Å². The Balaban J connectivity index is 0.853.